The Morgan fingerprint density at radius 1 is 1.16 bits per heavy atom. The fourth-order valence-corrected chi connectivity index (χ4v) is 4.70. The van der Waals surface area contributed by atoms with Gasteiger partial charge in [0.15, 0.2) is 5.69 Å². The fourth-order valence-electron chi connectivity index (χ4n) is 4.15. The lowest BCUT2D eigenvalue weighted by Crippen LogP contribution is -2.39. The van der Waals surface area contributed by atoms with E-state index in [4.69, 9.17) is 9.88 Å². The average molecular weight is 460 g/mol. The van der Waals surface area contributed by atoms with Crippen molar-refractivity contribution in [3.05, 3.63) is 40.7 Å². The Hall–Kier alpha value is -1.99. The average Bonchev–Trinajstić information content (AvgIpc) is 3.13. The van der Waals surface area contributed by atoms with Gasteiger partial charge in [0, 0.05) is 29.9 Å². The van der Waals surface area contributed by atoms with Crippen LogP contribution >= 0.6 is 0 Å². The number of morpholine rings is 1. The van der Waals surface area contributed by atoms with Crippen LogP contribution in [0.4, 0.5) is 13.2 Å². The fraction of sp³-hybridized carbons (Fsp3) is 0.526. The number of alkyl halides is 3. The molecule has 31 heavy (non-hydrogen) atoms. The van der Waals surface area contributed by atoms with Gasteiger partial charge in [0.1, 0.15) is 6.23 Å². The Morgan fingerprint density at radius 3 is 2.48 bits per heavy atom. The molecule has 1 aliphatic heterocycles. The third-order valence-corrected chi connectivity index (χ3v) is 6.59. The van der Waals surface area contributed by atoms with Crippen molar-refractivity contribution in [2.75, 3.05) is 26.3 Å². The second-order valence-electron chi connectivity index (χ2n) is 7.68. The van der Waals surface area contributed by atoms with Crippen LogP contribution < -0.4 is 5.14 Å². The number of rotatable bonds is 4. The maximum absolute atomic E-state index is 13.6. The molecular formula is C19H23F3N4O4S. The molecule has 170 valence electrons. The second kappa shape index (κ2) is 8.17. The number of nitrogens with two attached hydrogens (primary N) is 1. The number of fused-ring (bicyclic) bond motifs is 1. The summed E-state index contributed by atoms with van der Waals surface area (Å²) in [6.45, 7) is 1.50. The number of aliphatic hydroxyl groups is 1. The maximum Gasteiger partial charge on any atom is 0.435 e. The van der Waals surface area contributed by atoms with Crippen molar-refractivity contribution < 1.29 is 31.4 Å². The summed E-state index contributed by atoms with van der Waals surface area (Å²) in [7, 11) is -4.09. The van der Waals surface area contributed by atoms with Gasteiger partial charge in [-0.2, -0.15) is 18.3 Å². The zero-order chi connectivity index (χ0) is 22.4. The molecule has 1 aromatic heterocycles. The number of halogens is 3. The molecule has 1 aromatic carbocycles. The lowest BCUT2D eigenvalue weighted by Gasteiger charge is -2.32. The number of hydrogen-bond donors (Lipinski definition) is 2. The highest BCUT2D eigenvalue weighted by Gasteiger charge is 2.40. The molecule has 4 rings (SSSR count). The minimum atomic E-state index is -4.61. The van der Waals surface area contributed by atoms with Crippen LogP contribution in [0.1, 0.15) is 41.6 Å². The molecule has 2 heterocycles. The first kappa shape index (κ1) is 22.2. The maximum atomic E-state index is 13.6. The normalized spacial score (nSPS) is 19.3. The number of primary sulfonamides is 1. The monoisotopic (exact) mass is 460 g/mol. The molecule has 1 unspecified atom stereocenters. The van der Waals surface area contributed by atoms with Gasteiger partial charge in [-0.05, 0) is 43.9 Å². The van der Waals surface area contributed by atoms with Crippen LogP contribution in [0.2, 0.25) is 0 Å². The zero-order valence-corrected chi connectivity index (χ0v) is 17.4. The van der Waals surface area contributed by atoms with E-state index in [2.05, 4.69) is 5.10 Å². The van der Waals surface area contributed by atoms with Gasteiger partial charge in [0.25, 0.3) is 0 Å². The molecule has 0 saturated carbocycles. The Morgan fingerprint density at radius 2 is 1.84 bits per heavy atom. The summed E-state index contributed by atoms with van der Waals surface area (Å²) in [5.41, 5.74) is -0.0407. The van der Waals surface area contributed by atoms with Crippen molar-refractivity contribution in [2.24, 2.45) is 5.14 Å². The predicted molar refractivity (Wildman–Crippen MR) is 104 cm³/mol. The molecule has 1 saturated heterocycles. The van der Waals surface area contributed by atoms with Crippen molar-refractivity contribution in [3.63, 3.8) is 0 Å². The van der Waals surface area contributed by atoms with Crippen molar-refractivity contribution in [2.45, 2.75) is 43.0 Å². The van der Waals surface area contributed by atoms with E-state index >= 15 is 0 Å². The lowest BCUT2D eigenvalue weighted by atomic mass is 9.95. The Balaban J connectivity index is 1.89. The molecule has 12 heteroatoms. The van der Waals surface area contributed by atoms with Gasteiger partial charge >= 0.3 is 6.18 Å². The smallest absolute Gasteiger partial charge is 0.379 e. The summed E-state index contributed by atoms with van der Waals surface area (Å²) >= 11 is 0. The number of benzene rings is 1. The number of hydrogen-bond acceptors (Lipinski definition) is 6. The predicted octanol–water partition coefficient (Wildman–Crippen LogP) is 1.74. The highest BCUT2D eigenvalue weighted by atomic mass is 32.2. The Kier molecular flexibility index (Phi) is 5.85. The molecule has 1 fully saturated rings. The summed E-state index contributed by atoms with van der Waals surface area (Å²) < 4.78 is 71.2. The van der Waals surface area contributed by atoms with Crippen LogP contribution in [0.15, 0.2) is 23.1 Å². The third-order valence-electron chi connectivity index (χ3n) is 5.67. The molecule has 0 bridgehead atoms. The van der Waals surface area contributed by atoms with Crippen molar-refractivity contribution in [1.82, 2.24) is 14.7 Å². The first-order valence-electron chi connectivity index (χ1n) is 9.92. The number of aromatic nitrogens is 2. The third kappa shape index (κ3) is 4.35. The van der Waals surface area contributed by atoms with Crippen LogP contribution in [0.25, 0.3) is 5.69 Å². The van der Waals surface area contributed by atoms with E-state index in [1.807, 2.05) is 0 Å². The van der Waals surface area contributed by atoms with Gasteiger partial charge < -0.3 is 9.84 Å². The highest BCUT2D eigenvalue weighted by molar-refractivity contribution is 7.89. The Bertz CT molecular complexity index is 1080. The minimum absolute atomic E-state index is 0.123. The molecule has 1 atom stereocenters. The van der Waals surface area contributed by atoms with E-state index in [0.29, 0.717) is 51.3 Å². The van der Waals surface area contributed by atoms with E-state index in [9.17, 15) is 26.7 Å². The lowest BCUT2D eigenvalue weighted by molar-refractivity contribution is -0.142. The van der Waals surface area contributed by atoms with Crippen LogP contribution in [-0.2, 0) is 33.8 Å². The second-order valence-corrected chi connectivity index (χ2v) is 9.24. The van der Waals surface area contributed by atoms with Gasteiger partial charge in [0.2, 0.25) is 10.0 Å². The first-order valence-corrected chi connectivity index (χ1v) is 11.5. The summed E-state index contributed by atoms with van der Waals surface area (Å²) in [5, 5.41) is 20.1. The molecule has 8 nitrogen and oxygen atoms in total. The number of ether oxygens (including phenoxy) is 1. The van der Waals surface area contributed by atoms with Gasteiger partial charge in [0.05, 0.1) is 23.8 Å². The molecule has 3 N–H and O–H groups in total. The Labute approximate surface area is 177 Å². The molecular weight excluding hydrogens is 437 g/mol. The van der Waals surface area contributed by atoms with Gasteiger partial charge in [-0.3, -0.25) is 4.90 Å². The van der Waals surface area contributed by atoms with Crippen LogP contribution in [0, 0.1) is 0 Å². The highest BCUT2D eigenvalue weighted by Crippen LogP contribution is 2.38. The first-order chi connectivity index (χ1) is 14.6. The number of aliphatic hydroxyl groups excluding tert-OH is 1. The summed E-state index contributed by atoms with van der Waals surface area (Å²) in [6, 6.07) is 3.76. The molecule has 1 aliphatic carbocycles. The summed E-state index contributed by atoms with van der Waals surface area (Å²) in [4.78, 5) is 1.42. The standard InChI is InChI=1S/C19H23F3N4O4S/c20-19(21,22)17-13-3-1-2-4-15(13)26(24-17)16-6-5-12(31(23,28)29)11-14(16)18(27)25-7-9-30-10-8-25/h5-6,11,18,27H,1-4,7-10H2,(H2,23,28,29). The summed E-state index contributed by atoms with van der Waals surface area (Å²) in [6.07, 6.45) is -3.86. The number of nitrogens with zero attached hydrogens (tertiary/aromatic N) is 3. The molecule has 0 amide bonds. The quantitative estimate of drug-likeness (QED) is 0.719. The van der Waals surface area contributed by atoms with E-state index < -0.39 is 28.1 Å². The van der Waals surface area contributed by atoms with Gasteiger partial charge in [-0.25, -0.2) is 18.2 Å². The molecule has 2 aromatic rings. The van der Waals surface area contributed by atoms with Crippen molar-refractivity contribution in [1.29, 1.82) is 0 Å². The van der Waals surface area contributed by atoms with Crippen LogP contribution in [0.5, 0.6) is 0 Å². The summed E-state index contributed by atoms with van der Waals surface area (Å²) in [5.74, 6) is 0. The molecule has 0 radical (unpaired) electrons. The van der Waals surface area contributed by atoms with Gasteiger partial charge in [-0.15, -0.1) is 0 Å². The van der Waals surface area contributed by atoms with Crippen molar-refractivity contribution in [3.8, 4) is 5.69 Å². The number of sulfonamides is 1. The molecule has 0 spiro atoms. The van der Waals surface area contributed by atoms with E-state index in [1.165, 1.54) is 22.9 Å². The van der Waals surface area contributed by atoms with E-state index in [1.54, 1.807) is 4.90 Å². The van der Waals surface area contributed by atoms with E-state index in [0.717, 1.165) is 0 Å². The van der Waals surface area contributed by atoms with Gasteiger partial charge in [-0.1, -0.05) is 0 Å². The SMILES string of the molecule is NS(=O)(=O)c1ccc(-n2nc(C(F)(F)F)c3c2CCCC3)c(C(O)N2CCOCC2)c1. The topological polar surface area (TPSA) is 111 Å². The zero-order valence-electron chi connectivity index (χ0n) is 16.6. The minimum Gasteiger partial charge on any atom is -0.379 e. The van der Waals surface area contributed by atoms with E-state index in [-0.39, 0.29) is 28.1 Å². The van der Waals surface area contributed by atoms with Crippen LogP contribution in [0.3, 0.4) is 0 Å². The molecule has 2 aliphatic rings. The van der Waals surface area contributed by atoms with Crippen molar-refractivity contribution >= 4 is 10.0 Å². The van der Waals surface area contributed by atoms with Crippen LogP contribution in [-0.4, -0.2) is 54.5 Å². The largest absolute Gasteiger partial charge is 0.435 e.